The van der Waals surface area contributed by atoms with Gasteiger partial charge in [-0.1, -0.05) is 6.08 Å². The van der Waals surface area contributed by atoms with Crippen LogP contribution in [0, 0.1) is 0 Å². The predicted octanol–water partition coefficient (Wildman–Crippen LogP) is 1.66. The fourth-order valence-electron chi connectivity index (χ4n) is 1.83. The largest absolute Gasteiger partial charge is 0.497 e. The number of ether oxygens (including phenoxy) is 2. The summed E-state index contributed by atoms with van der Waals surface area (Å²) in [6.07, 6.45) is 1.71. The summed E-state index contributed by atoms with van der Waals surface area (Å²) in [5, 5.41) is 5.87. The normalized spacial score (nSPS) is 11.6. The zero-order valence-electron chi connectivity index (χ0n) is 12.2. The van der Waals surface area contributed by atoms with Gasteiger partial charge < -0.3 is 20.1 Å². The number of rotatable bonds is 8. The van der Waals surface area contributed by atoms with Gasteiger partial charge >= 0.3 is 0 Å². The van der Waals surface area contributed by atoms with Crippen molar-refractivity contribution < 1.29 is 14.3 Å². The highest BCUT2D eigenvalue weighted by Gasteiger charge is 2.14. The molecular formula is C15H22N2O3. The lowest BCUT2D eigenvalue weighted by molar-refractivity contribution is -0.120. The minimum atomic E-state index is -0.145. The first kappa shape index (κ1) is 16.0. The molecule has 1 atom stereocenters. The van der Waals surface area contributed by atoms with E-state index in [-0.39, 0.29) is 18.5 Å². The van der Waals surface area contributed by atoms with Crippen molar-refractivity contribution in [3.05, 3.63) is 36.4 Å². The van der Waals surface area contributed by atoms with Crippen molar-refractivity contribution in [3.8, 4) is 11.5 Å². The number of nitrogens with one attached hydrogen (secondary N) is 2. The second-order valence-corrected chi connectivity index (χ2v) is 4.32. The molecule has 0 fully saturated rings. The van der Waals surface area contributed by atoms with E-state index in [1.165, 1.54) is 0 Å². The molecule has 0 aliphatic heterocycles. The smallest absolute Gasteiger partial charge is 0.234 e. The average molecular weight is 278 g/mol. The fraction of sp³-hybridized carbons (Fsp3) is 0.400. The molecule has 0 spiro atoms. The van der Waals surface area contributed by atoms with Crippen molar-refractivity contribution in [3.63, 3.8) is 0 Å². The number of carbonyl (C=O) groups is 1. The quantitative estimate of drug-likeness (QED) is 0.561. The number of methoxy groups -OCH3 is 2. The van der Waals surface area contributed by atoms with Crippen LogP contribution in [0.4, 0.5) is 0 Å². The molecule has 1 rings (SSSR count). The first-order valence-electron chi connectivity index (χ1n) is 6.45. The lowest BCUT2D eigenvalue weighted by atomic mass is 10.1. The maximum absolute atomic E-state index is 11.8. The van der Waals surface area contributed by atoms with Gasteiger partial charge in [-0.3, -0.25) is 4.79 Å². The minimum absolute atomic E-state index is 0.0720. The van der Waals surface area contributed by atoms with Crippen molar-refractivity contribution in [1.82, 2.24) is 10.6 Å². The second-order valence-electron chi connectivity index (χ2n) is 4.32. The third kappa shape index (κ3) is 4.59. The number of benzene rings is 1. The van der Waals surface area contributed by atoms with E-state index in [9.17, 15) is 4.79 Å². The Kier molecular flexibility index (Phi) is 6.59. The van der Waals surface area contributed by atoms with Crippen molar-refractivity contribution in [2.24, 2.45) is 0 Å². The molecule has 110 valence electrons. The van der Waals surface area contributed by atoms with Gasteiger partial charge in [-0.05, 0) is 19.1 Å². The second kappa shape index (κ2) is 8.22. The van der Waals surface area contributed by atoms with E-state index in [2.05, 4.69) is 17.2 Å². The van der Waals surface area contributed by atoms with Gasteiger partial charge in [0.15, 0.2) is 0 Å². The Hall–Kier alpha value is -2.01. The summed E-state index contributed by atoms with van der Waals surface area (Å²) in [4.78, 5) is 11.8. The van der Waals surface area contributed by atoms with Crippen LogP contribution in [0.1, 0.15) is 18.5 Å². The molecule has 1 aromatic carbocycles. The molecular weight excluding hydrogens is 256 g/mol. The van der Waals surface area contributed by atoms with Crippen LogP contribution in [0.5, 0.6) is 11.5 Å². The van der Waals surface area contributed by atoms with Gasteiger partial charge in [-0.2, -0.15) is 0 Å². The van der Waals surface area contributed by atoms with Gasteiger partial charge in [0.1, 0.15) is 11.5 Å². The maximum atomic E-state index is 11.8. The van der Waals surface area contributed by atoms with Gasteiger partial charge in [0, 0.05) is 18.2 Å². The van der Waals surface area contributed by atoms with Crippen LogP contribution in [-0.4, -0.2) is 33.2 Å². The molecule has 0 saturated carbocycles. The highest BCUT2D eigenvalue weighted by molar-refractivity contribution is 5.78. The molecule has 2 N–H and O–H groups in total. The van der Waals surface area contributed by atoms with Crippen molar-refractivity contribution in [2.75, 3.05) is 27.3 Å². The summed E-state index contributed by atoms with van der Waals surface area (Å²) in [6, 6.07) is 5.39. The van der Waals surface area contributed by atoms with Crippen LogP contribution in [0.2, 0.25) is 0 Å². The lowest BCUT2D eigenvalue weighted by Gasteiger charge is -2.18. The van der Waals surface area contributed by atoms with Crippen LogP contribution in [0.25, 0.3) is 0 Å². The van der Waals surface area contributed by atoms with Crippen molar-refractivity contribution >= 4 is 5.91 Å². The Morgan fingerprint density at radius 1 is 1.40 bits per heavy atom. The zero-order valence-corrected chi connectivity index (χ0v) is 12.2. The Morgan fingerprint density at radius 3 is 2.75 bits per heavy atom. The monoisotopic (exact) mass is 278 g/mol. The summed E-state index contributed by atoms with van der Waals surface area (Å²) in [5.41, 5.74) is 0.908. The number of amides is 1. The third-order valence-corrected chi connectivity index (χ3v) is 2.86. The molecule has 5 heteroatoms. The van der Waals surface area contributed by atoms with E-state index in [4.69, 9.17) is 9.47 Å². The van der Waals surface area contributed by atoms with Crippen LogP contribution in [-0.2, 0) is 4.79 Å². The summed E-state index contributed by atoms with van der Waals surface area (Å²) >= 11 is 0. The maximum Gasteiger partial charge on any atom is 0.234 e. The van der Waals surface area contributed by atoms with Crippen molar-refractivity contribution in [2.45, 2.75) is 13.0 Å². The van der Waals surface area contributed by atoms with Crippen LogP contribution in [0.15, 0.2) is 30.9 Å². The fourth-order valence-corrected chi connectivity index (χ4v) is 1.83. The first-order valence-corrected chi connectivity index (χ1v) is 6.45. The first-order chi connectivity index (χ1) is 9.62. The molecule has 0 aliphatic rings. The van der Waals surface area contributed by atoms with Gasteiger partial charge in [0.2, 0.25) is 5.91 Å². The highest BCUT2D eigenvalue weighted by Crippen LogP contribution is 2.29. The Balaban J connectivity index is 2.69. The van der Waals surface area contributed by atoms with Gasteiger partial charge in [0.05, 0.1) is 26.8 Å². The molecule has 0 aromatic heterocycles. The zero-order chi connectivity index (χ0) is 15.0. The van der Waals surface area contributed by atoms with E-state index in [0.717, 1.165) is 11.3 Å². The molecule has 5 nitrogen and oxygen atoms in total. The van der Waals surface area contributed by atoms with E-state index < -0.39 is 0 Å². The standard InChI is InChI=1S/C15H22N2O3/c1-5-8-16-10-15(18)17-11(2)13-7-6-12(19-3)9-14(13)20-4/h5-7,9,11,16H,1,8,10H2,2-4H3,(H,17,18). The molecule has 0 aliphatic carbocycles. The molecule has 0 heterocycles. The Morgan fingerprint density at radius 2 is 2.15 bits per heavy atom. The van der Waals surface area contributed by atoms with Crippen molar-refractivity contribution in [1.29, 1.82) is 0 Å². The SMILES string of the molecule is C=CCNCC(=O)NC(C)c1ccc(OC)cc1OC. The van der Waals surface area contributed by atoms with Gasteiger partial charge in [-0.15, -0.1) is 6.58 Å². The topological polar surface area (TPSA) is 59.6 Å². The average Bonchev–Trinajstić information content (AvgIpc) is 2.46. The third-order valence-electron chi connectivity index (χ3n) is 2.86. The molecule has 1 amide bonds. The summed E-state index contributed by atoms with van der Waals surface area (Å²) in [6.45, 7) is 6.36. The van der Waals surface area contributed by atoms with E-state index >= 15 is 0 Å². The predicted molar refractivity (Wildman–Crippen MR) is 79.2 cm³/mol. The Labute approximate surface area is 120 Å². The molecule has 0 radical (unpaired) electrons. The van der Waals surface area contributed by atoms with Gasteiger partial charge in [-0.25, -0.2) is 0 Å². The molecule has 1 aromatic rings. The molecule has 0 bridgehead atoms. The summed E-state index contributed by atoms with van der Waals surface area (Å²) < 4.78 is 10.5. The molecule has 1 unspecified atom stereocenters. The van der Waals surface area contributed by atoms with Crippen LogP contribution in [0.3, 0.4) is 0 Å². The summed E-state index contributed by atoms with van der Waals surface area (Å²) in [5.74, 6) is 1.34. The molecule has 20 heavy (non-hydrogen) atoms. The lowest BCUT2D eigenvalue weighted by Crippen LogP contribution is -2.35. The van der Waals surface area contributed by atoms with Crippen LogP contribution >= 0.6 is 0 Å². The minimum Gasteiger partial charge on any atom is -0.497 e. The summed E-state index contributed by atoms with van der Waals surface area (Å²) in [7, 11) is 3.20. The van der Waals surface area contributed by atoms with E-state index in [0.29, 0.717) is 12.3 Å². The van der Waals surface area contributed by atoms with Crippen LogP contribution < -0.4 is 20.1 Å². The van der Waals surface area contributed by atoms with E-state index in [1.807, 2.05) is 19.1 Å². The molecule has 0 saturated heterocycles. The number of hydrogen-bond acceptors (Lipinski definition) is 4. The highest BCUT2D eigenvalue weighted by atomic mass is 16.5. The van der Waals surface area contributed by atoms with E-state index in [1.54, 1.807) is 26.4 Å². The number of carbonyl (C=O) groups excluding carboxylic acids is 1. The van der Waals surface area contributed by atoms with Gasteiger partial charge in [0.25, 0.3) is 0 Å². The Bertz CT molecular complexity index is 460. The number of hydrogen-bond donors (Lipinski definition) is 2.